The number of aromatic nitrogens is 5. The molecule has 0 bridgehead atoms. The zero-order valence-corrected chi connectivity index (χ0v) is 13.0. The van der Waals surface area contributed by atoms with Gasteiger partial charge in [0.1, 0.15) is 11.6 Å². The summed E-state index contributed by atoms with van der Waals surface area (Å²) in [4.78, 5) is 19.7. The Morgan fingerprint density at radius 2 is 1.96 bits per heavy atom. The van der Waals surface area contributed by atoms with Gasteiger partial charge >= 0.3 is 0 Å². The quantitative estimate of drug-likeness (QED) is 0.753. The minimum Gasteiger partial charge on any atom is -0.317 e. The lowest BCUT2D eigenvalue weighted by molar-refractivity contribution is 0.444. The topological polar surface area (TPSA) is 88.5 Å². The van der Waals surface area contributed by atoms with E-state index in [1.54, 1.807) is 16.8 Å². The van der Waals surface area contributed by atoms with Crippen LogP contribution in [0.25, 0.3) is 11.2 Å². The number of aromatic amines is 1. The third-order valence-corrected chi connectivity index (χ3v) is 4.36. The molecule has 124 valence electrons. The number of hydrogen-bond donors (Lipinski definition) is 2. The summed E-state index contributed by atoms with van der Waals surface area (Å²) in [6.45, 7) is 2.22. The van der Waals surface area contributed by atoms with Gasteiger partial charge in [0.05, 0.1) is 6.54 Å². The average Bonchev–Trinajstić information content (AvgIpc) is 3.01. The van der Waals surface area contributed by atoms with Crippen LogP contribution in [0.2, 0.25) is 0 Å². The fourth-order valence-electron chi connectivity index (χ4n) is 3.04. The molecule has 0 radical (unpaired) electrons. The average molecular weight is 328 g/mol. The second-order valence-electron chi connectivity index (χ2n) is 6.02. The lowest BCUT2D eigenvalue weighted by Gasteiger charge is -2.21. The molecule has 0 unspecified atom stereocenters. The molecule has 4 rings (SSSR count). The van der Waals surface area contributed by atoms with Crippen molar-refractivity contribution in [3.8, 4) is 0 Å². The van der Waals surface area contributed by atoms with Crippen LogP contribution >= 0.6 is 0 Å². The van der Waals surface area contributed by atoms with E-state index in [2.05, 4.69) is 25.6 Å². The van der Waals surface area contributed by atoms with Crippen molar-refractivity contribution in [2.75, 3.05) is 13.1 Å². The summed E-state index contributed by atoms with van der Waals surface area (Å²) in [6, 6.07) is 6.16. The molecular formula is C16H17FN6O. The van der Waals surface area contributed by atoms with Gasteiger partial charge < -0.3 is 10.3 Å². The van der Waals surface area contributed by atoms with Gasteiger partial charge in [-0.15, -0.1) is 5.10 Å². The Bertz CT molecular complexity index is 910. The molecule has 3 aromatic rings. The van der Waals surface area contributed by atoms with Crippen molar-refractivity contribution in [3.05, 3.63) is 51.8 Å². The van der Waals surface area contributed by atoms with Crippen molar-refractivity contribution in [2.45, 2.75) is 25.3 Å². The highest BCUT2D eigenvalue weighted by molar-refractivity contribution is 5.68. The third kappa shape index (κ3) is 2.80. The van der Waals surface area contributed by atoms with E-state index >= 15 is 0 Å². The highest BCUT2D eigenvalue weighted by atomic mass is 19.1. The highest BCUT2D eigenvalue weighted by Crippen LogP contribution is 2.22. The standard InChI is InChI=1S/C16H17FN6O/c17-12-3-1-10(2-4-12)9-23-15-13(21-22-23)16(24)20-14(19-15)11-5-7-18-8-6-11/h1-4,11,18H,5-9H2,(H,19,20,24). The Labute approximate surface area is 136 Å². The van der Waals surface area contributed by atoms with Crippen molar-refractivity contribution in [1.82, 2.24) is 30.3 Å². The normalized spacial score (nSPS) is 15.9. The number of H-pyrrole nitrogens is 1. The van der Waals surface area contributed by atoms with E-state index in [0.29, 0.717) is 18.0 Å². The molecule has 1 aliphatic rings. The van der Waals surface area contributed by atoms with Gasteiger partial charge in [-0.3, -0.25) is 4.79 Å². The molecule has 0 atom stereocenters. The van der Waals surface area contributed by atoms with E-state index in [4.69, 9.17) is 0 Å². The van der Waals surface area contributed by atoms with Crippen LogP contribution in [0.15, 0.2) is 29.1 Å². The summed E-state index contributed by atoms with van der Waals surface area (Å²) in [5.74, 6) is 0.638. The molecule has 8 heteroatoms. The van der Waals surface area contributed by atoms with Gasteiger partial charge in [-0.25, -0.2) is 14.1 Å². The minimum absolute atomic E-state index is 0.231. The number of halogens is 1. The molecule has 3 heterocycles. The summed E-state index contributed by atoms with van der Waals surface area (Å²) >= 11 is 0. The van der Waals surface area contributed by atoms with Gasteiger partial charge in [0.25, 0.3) is 5.56 Å². The van der Waals surface area contributed by atoms with Crippen LogP contribution in [0.3, 0.4) is 0 Å². The minimum atomic E-state index is -0.287. The molecule has 1 aromatic carbocycles. The molecule has 1 saturated heterocycles. The van der Waals surface area contributed by atoms with E-state index in [0.717, 1.165) is 31.5 Å². The largest absolute Gasteiger partial charge is 0.317 e. The molecular weight excluding hydrogens is 311 g/mol. The first-order valence-electron chi connectivity index (χ1n) is 7.99. The van der Waals surface area contributed by atoms with Crippen LogP contribution in [-0.2, 0) is 6.54 Å². The summed E-state index contributed by atoms with van der Waals surface area (Å²) in [7, 11) is 0. The van der Waals surface area contributed by atoms with E-state index in [1.807, 2.05) is 0 Å². The Morgan fingerprint density at radius 1 is 1.21 bits per heavy atom. The van der Waals surface area contributed by atoms with Crippen LogP contribution < -0.4 is 10.9 Å². The van der Waals surface area contributed by atoms with Crippen LogP contribution in [-0.4, -0.2) is 38.1 Å². The van der Waals surface area contributed by atoms with Gasteiger partial charge in [-0.2, -0.15) is 0 Å². The summed E-state index contributed by atoms with van der Waals surface area (Å²) in [5.41, 5.74) is 1.30. The van der Waals surface area contributed by atoms with Crippen molar-refractivity contribution in [3.63, 3.8) is 0 Å². The maximum Gasteiger partial charge on any atom is 0.281 e. The van der Waals surface area contributed by atoms with Gasteiger partial charge in [-0.05, 0) is 43.6 Å². The van der Waals surface area contributed by atoms with Gasteiger partial charge in [0.2, 0.25) is 0 Å². The fourth-order valence-corrected chi connectivity index (χ4v) is 3.04. The first-order chi connectivity index (χ1) is 11.7. The molecule has 0 amide bonds. The molecule has 0 saturated carbocycles. The van der Waals surface area contributed by atoms with Crippen LogP contribution in [0, 0.1) is 5.82 Å². The second kappa shape index (κ2) is 6.12. The Kier molecular flexibility index (Phi) is 3.81. The Hall–Kier alpha value is -2.61. The van der Waals surface area contributed by atoms with E-state index < -0.39 is 0 Å². The molecule has 2 aromatic heterocycles. The molecule has 0 spiro atoms. The lowest BCUT2D eigenvalue weighted by Crippen LogP contribution is -2.28. The zero-order valence-electron chi connectivity index (χ0n) is 13.0. The van der Waals surface area contributed by atoms with Crippen LogP contribution in [0.1, 0.15) is 30.1 Å². The summed E-state index contributed by atoms with van der Waals surface area (Å²) in [6.07, 6.45) is 1.88. The SMILES string of the molecule is O=c1[nH]c(C2CCNCC2)nc2c1nnn2Cc1ccc(F)cc1. The summed E-state index contributed by atoms with van der Waals surface area (Å²) < 4.78 is 14.6. The van der Waals surface area contributed by atoms with Gasteiger partial charge in [0, 0.05) is 5.92 Å². The number of nitrogens with one attached hydrogen (secondary N) is 2. The number of benzene rings is 1. The Morgan fingerprint density at radius 3 is 2.71 bits per heavy atom. The third-order valence-electron chi connectivity index (χ3n) is 4.36. The molecule has 1 aliphatic heterocycles. The van der Waals surface area contributed by atoms with Crippen molar-refractivity contribution >= 4 is 11.2 Å². The number of rotatable bonds is 3. The first-order valence-corrected chi connectivity index (χ1v) is 7.99. The van der Waals surface area contributed by atoms with Crippen LogP contribution in [0.5, 0.6) is 0 Å². The smallest absolute Gasteiger partial charge is 0.281 e. The van der Waals surface area contributed by atoms with E-state index in [-0.39, 0.29) is 22.8 Å². The monoisotopic (exact) mass is 328 g/mol. The number of hydrogen-bond acceptors (Lipinski definition) is 5. The van der Waals surface area contributed by atoms with Crippen molar-refractivity contribution in [2.24, 2.45) is 0 Å². The predicted molar refractivity (Wildman–Crippen MR) is 86.3 cm³/mol. The number of fused-ring (bicyclic) bond motifs is 1. The molecule has 2 N–H and O–H groups in total. The number of piperidine rings is 1. The lowest BCUT2D eigenvalue weighted by atomic mass is 9.97. The maximum absolute atomic E-state index is 13.0. The zero-order chi connectivity index (χ0) is 16.5. The predicted octanol–water partition coefficient (Wildman–Crippen LogP) is 1.17. The maximum atomic E-state index is 13.0. The summed E-state index contributed by atoms with van der Waals surface area (Å²) in [5, 5.41) is 11.3. The second-order valence-corrected chi connectivity index (χ2v) is 6.02. The van der Waals surface area contributed by atoms with Crippen molar-refractivity contribution < 1.29 is 4.39 Å². The molecule has 24 heavy (non-hydrogen) atoms. The van der Waals surface area contributed by atoms with E-state index in [9.17, 15) is 9.18 Å². The van der Waals surface area contributed by atoms with Crippen molar-refractivity contribution in [1.29, 1.82) is 0 Å². The van der Waals surface area contributed by atoms with Gasteiger partial charge in [0.15, 0.2) is 11.2 Å². The van der Waals surface area contributed by atoms with Crippen LogP contribution in [0.4, 0.5) is 4.39 Å². The fraction of sp³-hybridized carbons (Fsp3) is 0.375. The highest BCUT2D eigenvalue weighted by Gasteiger charge is 2.20. The molecule has 1 fully saturated rings. The molecule has 0 aliphatic carbocycles. The molecule has 7 nitrogen and oxygen atoms in total. The number of nitrogens with zero attached hydrogens (tertiary/aromatic N) is 4. The van der Waals surface area contributed by atoms with E-state index in [1.165, 1.54) is 12.1 Å². The van der Waals surface area contributed by atoms with Gasteiger partial charge in [-0.1, -0.05) is 17.3 Å². The Balaban J connectivity index is 1.72. The first kappa shape index (κ1) is 14.9.